The molecule has 1 aliphatic heterocycles. The molecule has 1 fully saturated rings. The SMILES string of the molecule is CCCC(N)CCN1CCN(C(C)CC)CC1. The summed E-state index contributed by atoms with van der Waals surface area (Å²) in [6.07, 6.45) is 4.81. The Morgan fingerprint density at radius 3 is 2.24 bits per heavy atom. The van der Waals surface area contributed by atoms with Gasteiger partial charge in [0.1, 0.15) is 0 Å². The van der Waals surface area contributed by atoms with Gasteiger partial charge in [-0.1, -0.05) is 20.3 Å². The van der Waals surface area contributed by atoms with E-state index in [4.69, 9.17) is 5.73 Å². The first-order valence-corrected chi connectivity index (χ1v) is 7.39. The molecular formula is C14H31N3. The van der Waals surface area contributed by atoms with Crippen molar-refractivity contribution in [1.82, 2.24) is 9.80 Å². The second kappa shape index (κ2) is 8.06. The molecule has 1 heterocycles. The van der Waals surface area contributed by atoms with E-state index in [1.807, 2.05) is 0 Å². The zero-order valence-corrected chi connectivity index (χ0v) is 12.0. The fourth-order valence-electron chi connectivity index (χ4n) is 2.55. The summed E-state index contributed by atoms with van der Waals surface area (Å²) < 4.78 is 0. The third kappa shape index (κ3) is 5.36. The molecule has 102 valence electrons. The number of hydrogen-bond acceptors (Lipinski definition) is 3. The van der Waals surface area contributed by atoms with E-state index in [1.54, 1.807) is 0 Å². The minimum Gasteiger partial charge on any atom is -0.328 e. The topological polar surface area (TPSA) is 32.5 Å². The summed E-state index contributed by atoms with van der Waals surface area (Å²) in [7, 11) is 0. The first kappa shape index (κ1) is 14.9. The van der Waals surface area contributed by atoms with Gasteiger partial charge in [0.2, 0.25) is 0 Å². The lowest BCUT2D eigenvalue weighted by molar-refractivity contribution is 0.0985. The Morgan fingerprint density at radius 2 is 1.71 bits per heavy atom. The highest BCUT2D eigenvalue weighted by atomic mass is 15.3. The number of nitrogens with zero attached hydrogens (tertiary/aromatic N) is 2. The highest BCUT2D eigenvalue weighted by molar-refractivity contribution is 4.76. The Bertz CT molecular complexity index is 188. The van der Waals surface area contributed by atoms with Gasteiger partial charge >= 0.3 is 0 Å². The second-order valence-electron chi connectivity index (χ2n) is 5.47. The molecule has 0 aromatic rings. The van der Waals surface area contributed by atoms with Gasteiger partial charge in [0.25, 0.3) is 0 Å². The van der Waals surface area contributed by atoms with Gasteiger partial charge in [-0.05, 0) is 32.7 Å². The van der Waals surface area contributed by atoms with Crippen LogP contribution in [0, 0.1) is 0 Å². The van der Waals surface area contributed by atoms with E-state index in [1.165, 1.54) is 52.0 Å². The second-order valence-corrected chi connectivity index (χ2v) is 5.47. The molecule has 0 aromatic heterocycles. The smallest absolute Gasteiger partial charge is 0.0113 e. The molecule has 2 atom stereocenters. The van der Waals surface area contributed by atoms with E-state index < -0.39 is 0 Å². The molecule has 3 heteroatoms. The van der Waals surface area contributed by atoms with Crippen molar-refractivity contribution >= 4 is 0 Å². The number of hydrogen-bond donors (Lipinski definition) is 1. The van der Waals surface area contributed by atoms with Crippen LogP contribution in [0.25, 0.3) is 0 Å². The third-order valence-electron chi connectivity index (χ3n) is 4.10. The summed E-state index contributed by atoms with van der Waals surface area (Å²) in [6.45, 7) is 12.9. The average molecular weight is 241 g/mol. The van der Waals surface area contributed by atoms with Crippen LogP contribution in [-0.2, 0) is 0 Å². The highest BCUT2D eigenvalue weighted by Crippen LogP contribution is 2.09. The van der Waals surface area contributed by atoms with E-state index in [0.717, 1.165) is 12.5 Å². The van der Waals surface area contributed by atoms with Crippen molar-refractivity contribution in [2.24, 2.45) is 5.73 Å². The highest BCUT2D eigenvalue weighted by Gasteiger charge is 2.19. The molecule has 1 saturated heterocycles. The van der Waals surface area contributed by atoms with E-state index >= 15 is 0 Å². The molecule has 1 aliphatic rings. The van der Waals surface area contributed by atoms with Gasteiger partial charge in [0.05, 0.1) is 0 Å². The summed E-state index contributed by atoms with van der Waals surface area (Å²) in [5, 5.41) is 0. The molecular weight excluding hydrogens is 210 g/mol. The molecule has 0 spiro atoms. The minimum atomic E-state index is 0.410. The molecule has 0 aliphatic carbocycles. The molecule has 0 amide bonds. The molecule has 2 N–H and O–H groups in total. The van der Waals surface area contributed by atoms with Gasteiger partial charge in [0.15, 0.2) is 0 Å². The third-order valence-corrected chi connectivity index (χ3v) is 4.10. The lowest BCUT2D eigenvalue weighted by Gasteiger charge is -2.38. The van der Waals surface area contributed by atoms with Crippen molar-refractivity contribution in [3.8, 4) is 0 Å². The fraction of sp³-hybridized carbons (Fsp3) is 1.00. The molecule has 0 aromatic carbocycles. The molecule has 17 heavy (non-hydrogen) atoms. The minimum absolute atomic E-state index is 0.410. The summed E-state index contributed by atoms with van der Waals surface area (Å²) in [6, 6.07) is 1.16. The molecule has 0 radical (unpaired) electrons. The summed E-state index contributed by atoms with van der Waals surface area (Å²) in [4.78, 5) is 5.19. The summed E-state index contributed by atoms with van der Waals surface area (Å²) in [5.41, 5.74) is 6.06. The van der Waals surface area contributed by atoms with Crippen molar-refractivity contribution in [2.75, 3.05) is 32.7 Å². The zero-order chi connectivity index (χ0) is 12.7. The molecule has 0 bridgehead atoms. The van der Waals surface area contributed by atoms with Crippen molar-refractivity contribution < 1.29 is 0 Å². The molecule has 1 rings (SSSR count). The van der Waals surface area contributed by atoms with Gasteiger partial charge in [-0.15, -0.1) is 0 Å². The van der Waals surface area contributed by atoms with Crippen LogP contribution in [0.4, 0.5) is 0 Å². The van der Waals surface area contributed by atoms with Gasteiger partial charge in [-0.2, -0.15) is 0 Å². The van der Waals surface area contributed by atoms with Gasteiger partial charge < -0.3 is 10.6 Å². The van der Waals surface area contributed by atoms with Crippen molar-refractivity contribution in [1.29, 1.82) is 0 Å². The average Bonchev–Trinajstić information content (AvgIpc) is 2.36. The van der Waals surface area contributed by atoms with Crippen LogP contribution >= 0.6 is 0 Å². The summed E-state index contributed by atoms with van der Waals surface area (Å²) >= 11 is 0. The number of piperazine rings is 1. The van der Waals surface area contributed by atoms with Crippen molar-refractivity contribution in [3.05, 3.63) is 0 Å². The standard InChI is InChI=1S/C14H31N3/c1-4-6-14(15)7-8-16-9-11-17(12-10-16)13(3)5-2/h13-14H,4-12,15H2,1-3H3. The van der Waals surface area contributed by atoms with E-state index in [0.29, 0.717) is 6.04 Å². The largest absolute Gasteiger partial charge is 0.328 e. The number of nitrogens with two attached hydrogens (primary N) is 1. The van der Waals surface area contributed by atoms with Crippen LogP contribution in [0.1, 0.15) is 46.5 Å². The van der Waals surface area contributed by atoms with Crippen LogP contribution in [-0.4, -0.2) is 54.6 Å². The van der Waals surface area contributed by atoms with Gasteiger partial charge in [-0.3, -0.25) is 4.90 Å². The monoisotopic (exact) mass is 241 g/mol. The Morgan fingerprint density at radius 1 is 1.06 bits per heavy atom. The Hall–Kier alpha value is -0.120. The fourth-order valence-corrected chi connectivity index (χ4v) is 2.55. The van der Waals surface area contributed by atoms with E-state index in [-0.39, 0.29) is 0 Å². The Balaban J connectivity index is 2.14. The lowest BCUT2D eigenvalue weighted by Crippen LogP contribution is -2.50. The Labute approximate surface area is 107 Å². The summed E-state index contributed by atoms with van der Waals surface area (Å²) in [5.74, 6) is 0. The van der Waals surface area contributed by atoms with Crippen LogP contribution in [0.2, 0.25) is 0 Å². The first-order chi connectivity index (χ1) is 8.17. The van der Waals surface area contributed by atoms with Gasteiger partial charge in [0, 0.05) is 38.3 Å². The Kier molecular flexibility index (Phi) is 7.09. The normalized spacial score (nSPS) is 22.6. The van der Waals surface area contributed by atoms with E-state index in [2.05, 4.69) is 30.6 Å². The predicted molar refractivity (Wildman–Crippen MR) is 75.3 cm³/mol. The van der Waals surface area contributed by atoms with Crippen LogP contribution in [0.3, 0.4) is 0 Å². The molecule has 3 nitrogen and oxygen atoms in total. The van der Waals surface area contributed by atoms with Crippen molar-refractivity contribution in [3.63, 3.8) is 0 Å². The molecule has 2 unspecified atom stereocenters. The maximum atomic E-state index is 6.06. The van der Waals surface area contributed by atoms with Crippen LogP contribution in [0.15, 0.2) is 0 Å². The molecule has 0 saturated carbocycles. The van der Waals surface area contributed by atoms with Gasteiger partial charge in [-0.25, -0.2) is 0 Å². The maximum Gasteiger partial charge on any atom is 0.0113 e. The van der Waals surface area contributed by atoms with Crippen molar-refractivity contribution in [2.45, 2.75) is 58.5 Å². The number of rotatable bonds is 7. The first-order valence-electron chi connectivity index (χ1n) is 7.39. The van der Waals surface area contributed by atoms with E-state index in [9.17, 15) is 0 Å². The maximum absolute atomic E-state index is 6.06. The van der Waals surface area contributed by atoms with Crippen LogP contribution in [0.5, 0.6) is 0 Å². The zero-order valence-electron chi connectivity index (χ0n) is 12.0. The quantitative estimate of drug-likeness (QED) is 0.739. The lowest BCUT2D eigenvalue weighted by atomic mass is 10.1. The van der Waals surface area contributed by atoms with Crippen LogP contribution < -0.4 is 5.73 Å². The predicted octanol–water partition coefficient (Wildman–Crippen LogP) is 1.92.